The Labute approximate surface area is 332 Å². The summed E-state index contributed by atoms with van der Waals surface area (Å²) in [5.74, 6) is 1.92. The number of nitrogens with two attached hydrogens (primary N) is 2. The molecule has 0 aromatic heterocycles. The number of carbonyl (C=O) groups is 1. The lowest BCUT2D eigenvalue weighted by Crippen LogP contribution is -2.55. The normalized spacial score (nSPS) is 18.7. The number of carbonyl (C=O) groups excluding carboxylic acids is 1. The summed E-state index contributed by atoms with van der Waals surface area (Å²) in [6, 6.07) is 7.05. The third-order valence-corrected chi connectivity index (χ3v) is 21.3. The molecule has 2 aliphatic rings. The molecule has 2 heterocycles. The Morgan fingerprint density at radius 2 is 1.24 bits per heavy atom. The van der Waals surface area contributed by atoms with Crippen LogP contribution in [-0.2, 0) is 8.85 Å². The van der Waals surface area contributed by atoms with Crippen molar-refractivity contribution in [2.45, 2.75) is 128 Å². The average Bonchev–Trinajstić information content (AvgIpc) is 3.05. The number of methoxy groups -OCH3 is 2. The van der Waals surface area contributed by atoms with E-state index in [1.54, 1.807) is 38.5 Å². The summed E-state index contributed by atoms with van der Waals surface area (Å²) >= 11 is 0. The number of rotatable bonds is 19. The fourth-order valence-corrected chi connectivity index (χ4v) is 8.17. The van der Waals surface area contributed by atoms with Crippen LogP contribution in [-0.4, -0.2) is 103 Å². The molecular formula is C41H70N4O8Si2. The molecule has 0 spiro atoms. The maximum atomic E-state index is 13.5. The summed E-state index contributed by atoms with van der Waals surface area (Å²) in [4.78, 5) is 17.4. The Balaban J connectivity index is 1.23. The molecule has 1 amide bonds. The molecule has 0 radical (unpaired) electrons. The number of likely N-dealkylation sites (tertiary alicyclic amines) is 2. The minimum Gasteiger partial charge on any atom is -0.493 e. The molecular weight excluding hydrogens is 733 g/mol. The minimum atomic E-state index is -1.92. The molecule has 5 N–H and O–H groups in total. The number of unbranched alkanes of at least 4 members (excludes halogenated alkanes) is 2. The maximum Gasteiger partial charge on any atom is 0.256 e. The van der Waals surface area contributed by atoms with Gasteiger partial charge in [-0.15, -0.1) is 0 Å². The van der Waals surface area contributed by atoms with Crippen LogP contribution >= 0.6 is 0 Å². The lowest BCUT2D eigenvalue weighted by molar-refractivity contribution is -0.0901. The van der Waals surface area contributed by atoms with Crippen LogP contribution in [0.2, 0.25) is 36.3 Å². The first-order valence-corrected chi connectivity index (χ1v) is 25.7. The highest BCUT2D eigenvalue weighted by atomic mass is 28.4. The predicted octanol–water partition coefficient (Wildman–Crippen LogP) is 7.82. The van der Waals surface area contributed by atoms with Crippen LogP contribution in [0, 0.1) is 0 Å². The van der Waals surface area contributed by atoms with Crippen molar-refractivity contribution < 1.29 is 37.7 Å². The third kappa shape index (κ3) is 10.7. The highest BCUT2D eigenvalue weighted by Crippen LogP contribution is 2.41. The van der Waals surface area contributed by atoms with E-state index < -0.39 is 22.9 Å². The summed E-state index contributed by atoms with van der Waals surface area (Å²) in [6.45, 7) is 25.8. The van der Waals surface area contributed by atoms with Crippen LogP contribution in [0.4, 0.5) is 11.4 Å². The Hall–Kier alpha value is -3.02. The van der Waals surface area contributed by atoms with E-state index in [0.29, 0.717) is 78.5 Å². The second-order valence-corrected chi connectivity index (χ2v) is 27.7. The van der Waals surface area contributed by atoms with Crippen molar-refractivity contribution >= 4 is 33.9 Å². The Kier molecular flexibility index (Phi) is 14.7. The smallest absolute Gasteiger partial charge is 0.256 e. The van der Waals surface area contributed by atoms with Gasteiger partial charge in [0.2, 0.25) is 0 Å². The molecule has 2 saturated heterocycles. The van der Waals surface area contributed by atoms with Crippen molar-refractivity contribution in [3.63, 3.8) is 0 Å². The number of amides is 1. The van der Waals surface area contributed by atoms with Crippen molar-refractivity contribution in [3.05, 3.63) is 35.4 Å². The van der Waals surface area contributed by atoms with Gasteiger partial charge < -0.3 is 49.3 Å². The van der Waals surface area contributed by atoms with Gasteiger partial charge in [-0.1, -0.05) is 41.5 Å². The number of nitrogens with zero attached hydrogens (tertiary/aromatic N) is 2. The zero-order valence-electron chi connectivity index (χ0n) is 35.7. The largest absolute Gasteiger partial charge is 0.493 e. The predicted molar refractivity (Wildman–Crippen MR) is 225 cm³/mol. The SMILES string of the molecule is COc1cc(C(=O)N2CC[C@H]2CO[Si](C)(C)C(C)(C)C)c(N)cc1OCCCCCOc1cc(N)c(C(O)N2CC[C@H]2CO[Si](C)(C)C(C)(C)C)cc1OC. The first-order valence-electron chi connectivity index (χ1n) is 19.8. The minimum absolute atomic E-state index is 0.0410. The molecule has 4 rings (SSSR count). The molecule has 2 aromatic rings. The van der Waals surface area contributed by atoms with Gasteiger partial charge in [0, 0.05) is 54.8 Å². The highest BCUT2D eigenvalue weighted by Gasteiger charge is 2.42. The van der Waals surface area contributed by atoms with Gasteiger partial charge in [0.15, 0.2) is 39.6 Å². The fraction of sp³-hybridized carbons (Fsp3) is 0.683. The fourth-order valence-electron chi connectivity index (χ4n) is 6.08. The number of ether oxygens (including phenoxy) is 4. The second kappa shape index (κ2) is 18.1. The van der Waals surface area contributed by atoms with E-state index in [2.05, 4.69) is 67.7 Å². The van der Waals surface area contributed by atoms with Crippen molar-refractivity contribution in [1.29, 1.82) is 0 Å². The first-order chi connectivity index (χ1) is 25.6. The molecule has 2 aliphatic heterocycles. The molecule has 12 nitrogen and oxygen atoms in total. The first kappa shape index (κ1) is 44.7. The summed E-state index contributed by atoms with van der Waals surface area (Å²) in [5, 5.41) is 11.6. The summed E-state index contributed by atoms with van der Waals surface area (Å²) in [6.07, 6.45) is 3.43. The van der Waals surface area contributed by atoms with Crippen molar-refractivity contribution in [2.24, 2.45) is 0 Å². The standard InChI is InChI=1S/C41H70N4O8Si2/c1-40(2,3)54(9,10)52-26-28-16-18-44(28)38(46)30-22-34(48-7)36(24-32(30)42)50-20-14-13-15-21-51-37-25-33(43)31(23-35(37)49-8)39(47)45-19-17-29(45)27-53-55(11,12)41(4,5)6/h22-25,28-29,38,46H,13-21,26-27,42-43H2,1-12H3/t28-,29-,38?/m0/s1. The molecule has 0 bridgehead atoms. The van der Waals surface area contributed by atoms with Gasteiger partial charge in [-0.25, -0.2) is 0 Å². The lowest BCUT2D eigenvalue weighted by Gasteiger charge is -2.46. The number of nitrogen functional groups attached to an aromatic ring is 2. The van der Waals surface area contributed by atoms with Crippen LogP contribution < -0.4 is 30.4 Å². The van der Waals surface area contributed by atoms with Gasteiger partial charge in [-0.05, 0) is 80.5 Å². The van der Waals surface area contributed by atoms with Crippen LogP contribution in [0.25, 0.3) is 0 Å². The molecule has 1 unspecified atom stereocenters. The maximum absolute atomic E-state index is 13.5. The molecule has 310 valence electrons. The molecule has 2 fully saturated rings. The van der Waals surface area contributed by atoms with Crippen LogP contribution in [0.5, 0.6) is 23.0 Å². The van der Waals surface area contributed by atoms with Gasteiger partial charge in [-0.2, -0.15) is 0 Å². The Morgan fingerprint density at radius 1 is 0.745 bits per heavy atom. The molecule has 2 aromatic carbocycles. The van der Waals surface area contributed by atoms with E-state index >= 15 is 0 Å². The van der Waals surface area contributed by atoms with E-state index in [1.165, 1.54) is 0 Å². The van der Waals surface area contributed by atoms with E-state index in [1.807, 2.05) is 9.80 Å². The van der Waals surface area contributed by atoms with E-state index in [0.717, 1.165) is 38.6 Å². The zero-order valence-corrected chi connectivity index (χ0v) is 37.7. The van der Waals surface area contributed by atoms with Crippen LogP contribution in [0.3, 0.4) is 0 Å². The lowest BCUT2D eigenvalue weighted by atomic mass is 10.00. The van der Waals surface area contributed by atoms with Crippen molar-refractivity contribution in [2.75, 3.05) is 65.2 Å². The van der Waals surface area contributed by atoms with Crippen LogP contribution in [0.1, 0.15) is 95.8 Å². The monoisotopic (exact) mass is 802 g/mol. The Bertz CT molecular complexity index is 1610. The third-order valence-electron chi connectivity index (χ3n) is 12.3. The highest BCUT2D eigenvalue weighted by molar-refractivity contribution is 6.74. The number of aliphatic hydroxyl groups is 1. The number of hydrogen-bond donors (Lipinski definition) is 3. The van der Waals surface area contributed by atoms with E-state index in [-0.39, 0.29) is 28.1 Å². The number of aliphatic hydroxyl groups excluding tert-OH is 1. The molecule has 0 aliphatic carbocycles. The molecule has 14 heteroatoms. The Morgan fingerprint density at radius 3 is 1.69 bits per heavy atom. The van der Waals surface area contributed by atoms with Gasteiger partial charge in [0.25, 0.3) is 5.91 Å². The topological polar surface area (TPSA) is 151 Å². The van der Waals surface area contributed by atoms with Gasteiger partial charge >= 0.3 is 0 Å². The zero-order chi connectivity index (χ0) is 40.9. The van der Waals surface area contributed by atoms with E-state index in [4.69, 9.17) is 39.3 Å². The summed E-state index contributed by atoms with van der Waals surface area (Å²) in [5.41, 5.74) is 14.7. The average molecular weight is 803 g/mol. The van der Waals surface area contributed by atoms with Crippen molar-refractivity contribution in [3.8, 4) is 23.0 Å². The van der Waals surface area contributed by atoms with Gasteiger partial charge in [0.05, 0.1) is 45.6 Å². The summed E-state index contributed by atoms with van der Waals surface area (Å²) in [7, 11) is -0.665. The van der Waals surface area contributed by atoms with E-state index in [9.17, 15) is 9.90 Å². The molecule has 3 atom stereocenters. The number of anilines is 2. The molecule has 55 heavy (non-hydrogen) atoms. The second-order valence-electron chi connectivity index (χ2n) is 18.1. The van der Waals surface area contributed by atoms with Gasteiger partial charge in [0.1, 0.15) is 6.23 Å². The van der Waals surface area contributed by atoms with Gasteiger partial charge in [-0.3, -0.25) is 9.69 Å². The number of hydrogen-bond acceptors (Lipinski definition) is 11. The van der Waals surface area contributed by atoms with Crippen molar-refractivity contribution in [1.82, 2.24) is 9.80 Å². The number of benzene rings is 2. The molecule has 0 saturated carbocycles. The van der Waals surface area contributed by atoms with Crippen LogP contribution in [0.15, 0.2) is 24.3 Å². The summed E-state index contributed by atoms with van der Waals surface area (Å²) < 4.78 is 36.2. The quantitative estimate of drug-likeness (QED) is 0.0725.